The van der Waals surface area contributed by atoms with Gasteiger partial charge >= 0.3 is 0 Å². The lowest BCUT2D eigenvalue weighted by molar-refractivity contribution is 0.173. The Morgan fingerprint density at radius 2 is 1.89 bits per heavy atom. The van der Waals surface area contributed by atoms with Gasteiger partial charge in [0.25, 0.3) is 0 Å². The summed E-state index contributed by atoms with van der Waals surface area (Å²) in [4.78, 5) is 11.1. The largest absolute Gasteiger partial charge is 0.478 e. The topological polar surface area (TPSA) is 61.8 Å². The van der Waals surface area contributed by atoms with Gasteiger partial charge in [-0.15, -0.1) is 24.0 Å². The van der Waals surface area contributed by atoms with Crippen molar-refractivity contribution in [3.05, 3.63) is 23.9 Å². The van der Waals surface area contributed by atoms with Crippen LogP contribution < -0.4 is 15.4 Å². The van der Waals surface area contributed by atoms with Gasteiger partial charge in [-0.05, 0) is 46.1 Å². The molecule has 156 valence electrons. The van der Waals surface area contributed by atoms with E-state index in [1.165, 1.54) is 0 Å². The third-order valence-corrected chi connectivity index (χ3v) is 4.15. The number of hydrogen-bond donors (Lipinski definition) is 2. The lowest BCUT2D eigenvalue weighted by atomic mass is 10.2. The van der Waals surface area contributed by atoms with E-state index in [1.54, 1.807) is 7.05 Å². The summed E-state index contributed by atoms with van der Waals surface area (Å²) >= 11 is 0. The summed E-state index contributed by atoms with van der Waals surface area (Å²) in [7, 11) is 1.80. The van der Waals surface area contributed by atoms with E-state index in [0.717, 1.165) is 37.5 Å². The molecule has 2 N–H and O–H groups in total. The normalized spacial score (nSPS) is 11.7. The van der Waals surface area contributed by atoms with Crippen LogP contribution in [-0.2, 0) is 6.54 Å². The van der Waals surface area contributed by atoms with Gasteiger partial charge in [0.15, 0.2) is 5.96 Å². The van der Waals surface area contributed by atoms with Crippen molar-refractivity contribution in [3.8, 4) is 5.88 Å². The molecule has 0 radical (unpaired) electrons. The number of hydrogen-bond acceptors (Lipinski definition) is 4. The van der Waals surface area contributed by atoms with Crippen molar-refractivity contribution in [2.75, 3.05) is 26.7 Å². The zero-order valence-corrected chi connectivity index (χ0v) is 20.1. The molecule has 0 aliphatic rings. The van der Waals surface area contributed by atoms with Crippen LogP contribution in [0.15, 0.2) is 23.3 Å². The summed E-state index contributed by atoms with van der Waals surface area (Å²) in [6.45, 7) is 14.5. The molecule has 0 bridgehead atoms. The molecule has 7 heteroatoms. The second-order valence-electron chi connectivity index (χ2n) is 6.98. The molecule has 0 unspecified atom stereocenters. The lowest BCUT2D eigenvalue weighted by Gasteiger charge is -2.30. The number of aromatic nitrogens is 1. The van der Waals surface area contributed by atoms with Gasteiger partial charge in [-0.2, -0.15) is 0 Å². The maximum atomic E-state index is 5.50. The first kappa shape index (κ1) is 25.9. The number of rotatable bonds is 11. The molecule has 0 fully saturated rings. The molecule has 1 rings (SSSR count). The molecule has 0 amide bonds. The van der Waals surface area contributed by atoms with Crippen molar-refractivity contribution in [2.45, 2.75) is 66.1 Å². The number of ether oxygens (including phenoxy) is 1. The molecule has 0 saturated heterocycles. The van der Waals surface area contributed by atoms with Crippen molar-refractivity contribution < 1.29 is 4.74 Å². The van der Waals surface area contributed by atoms with E-state index < -0.39 is 0 Å². The second-order valence-corrected chi connectivity index (χ2v) is 6.98. The number of aliphatic imine (C=N–C) groups is 1. The highest BCUT2D eigenvalue weighted by Crippen LogP contribution is 2.08. The first-order chi connectivity index (χ1) is 12.5. The predicted octanol–water partition coefficient (Wildman–Crippen LogP) is 3.66. The summed E-state index contributed by atoms with van der Waals surface area (Å²) in [6.07, 6.45) is 3.91. The third-order valence-electron chi connectivity index (χ3n) is 4.15. The van der Waals surface area contributed by atoms with E-state index in [4.69, 9.17) is 4.74 Å². The minimum Gasteiger partial charge on any atom is -0.478 e. The maximum absolute atomic E-state index is 5.50. The number of halogens is 1. The van der Waals surface area contributed by atoms with Crippen LogP contribution in [0.3, 0.4) is 0 Å². The number of pyridine rings is 1. The molecule has 0 aromatic carbocycles. The zero-order chi connectivity index (χ0) is 19.4. The second kappa shape index (κ2) is 14.9. The third kappa shape index (κ3) is 10.7. The first-order valence-corrected chi connectivity index (χ1v) is 9.75. The molecule has 0 aliphatic carbocycles. The Labute approximate surface area is 182 Å². The molecular weight excluding hydrogens is 453 g/mol. The molecule has 0 spiro atoms. The Balaban J connectivity index is 0.00000676. The summed E-state index contributed by atoms with van der Waals surface area (Å²) in [5.74, 6) is 1.50. The SMILES string of the molecule is CCCOc1ccc(CNC(=NC)NCCCN(C(C)C)C(C)C)cn1.I. The van der Waals surface area contributed by atoms with Crippen LogP contribution in [0.1, 0.15) is 53.0 Å². The van der Waals surface area contributed by atoms with Crippen molar-refractivity contribution in [1.82, 2.24) is 20.5 Å². The van der Waals surface area contributed by atoms with Gasteiger partial charge < -0.3 is 15.4 Å². The Hall–Kier alpha value is -1.09. The smallest absolute Gasteiger partial charge is 0.213 e. The summed E-state index contributed by atoms with van der Waals surface area (Å²) < 4.78 is 5.50. The van der Waals surface area contributed by atoms with Gasteiger partial charge in [0, 0.05) is 51.0 Å². The molecular formula is C20H38IN5O. The fourth-order valence-electron chi connectivity index (χ4n) is 2.80. The Morgan fingerprint density at radius 3 is 2.41 bits per heavy atom. The average molecular weight is 491 g/mol. The van der Waals surface area contributed by atoms with Crippen LogP contribution in [0.25, 0.3) is 0 Å². The molecule has 1 heterocycles. The van der Waals surface area contributed by atoms with E-state index in [2.05, 4.69) is 60.1 Å². The lowest BCUT2D eigenvalue weighted by Crippen LogP contribution is -2.41. The van der Waals surface area contributed by atoms with E-state index >= 15 is 0 Å². The van der Waals surface area contributed by atoms with Crippen LogP contribution in [0.2, 0.25) is 0 Å². The zero-order valence-electron chi connectivity index (χ0n) is 17.8. The molecule has 0 atom stereocenters. The quantitative estimate of drug-likeness (QED) is 0.214. The van der Waals surface area contributed by atoms with Crippen LogP contribution in [0.5, 0.6) is 5.88 Å². The fourth-order valence-corrected chi connectivity index (χ4v) is 2.80. The molecule has 6 nitrogen and oxygen atoms in total. The van der Waals surface area contributed by atoms with Gasteiger partial charge in [0.05, 0.1) is 6.61 Å². The number of nitrogens with one attached hydrogen (secondary N) is 2. The molecule has 1 aromatic rings. The van der Waals surface area contributed by atoms with Gasteiger partial charge in [-0.3, -0.25) is 9.89 Å². The van der Waals surface area contributed by atoms with Crippen LogP contribution in [0, 0.1) is 0 Å². The maximum Gasteiger partial charge on any atom is 0.213 e. The Kier molecular flexibility index (Phi) is 14.3. The average Bonchev–Trinajstić information content (AvgIpc) is 2.62. The minimum atomic E-state index is 0. The highest BCUT2D eigenvalue weighted by atomic mass is 127. The summed E-state index contributed by atoms with van der Waals surface area (Å²) in [5, 5.41) is 6.71. The first-order valence-electron chi connectivity index (χ1n) is 9.75. The van der Waals surface area contributed by atoms with E-state index in [0.29, 0.717) is 31.1 Å². The van der Waals surface area contributed by atoms with Gasteiger partial charge in [-0.25, -0.2) is 4.98 Å². The van der Waals surface area contributed by atoms with E-state index in [1.807, 2.05) is 18.3 Å². The van der Waals surface area contributed by atoms with Crippen molar-refractivity contribution in [3.63, 3.8) is 0 Å². The van der Waals surface area contributed by atoms with Crippen LogP contribution in [0.4, 0.5) is 0 Å². The predicted molar refractivity (Wildman–Crippen MR) is 125 cm³/mol. The molecule has 27 heavy (non-hydrogen) atoms. The monoisotopic (exact) mass is 491 g/mol. The van der Waals surface area contributed by atoms with Crippen molar-refractivity contribution >= 4 is 29.9 Å². The minimum absolute atomic E-state index is 0. The van der Waals surface area contributed by atoms with Crippen LogP contribution >= 0.6 is 24.0 Å². The molecule has 0 saturated carbocycles. The van der Waals surface area contributed by atoms with E-state index in [9.17, 15) is 0 Å². The Morgan fingerprint density at radius 1 is 1.19 bits per heavy atom. The van der Waals surface area contributed by atoms with E-state index in [-0.39, 0.29) is 24.0 Å². The molecule has 0 aliphatic heterocycles. The highest BCUT2D eigenvalue weighted by molar-refractivity contribution is 14.0. The molecule has 1 aromatic heterocycles. The standard InChI is InChI=1S/C20H37N5O.HI/c1-7-13-26-19-10-9-18(14-23-19)15-24-20(21-6)22-11-8-12-25(16(2)3)17(4)5;/h9-10,14,16-17H,7-8,11-13,15H2,1-6H3,(H2,21,22,24);1H. The number of nitrogens with zero attached hydrogens (tertiary/aromatic N) is 3. The van der Waals surface area contributed by atoms with Gasteiger partial charge in [-0.1, -0.05) is 13.0 Å². The van der Waals surface area contributed by atoms with Crippen molar-refractivity contribution in [2.24, 2.45) is 4.99 Å². The summed E-state index contributed by atoms with van der Waals surface area (Å²) in [6, 6.07) is 5.09. The fraction of sp³-hybridized carbons (Fsp3) is 0.700. The highest BCUT2D eigenvalue weighted by Gasteiger charge is 2.12. The van der Waals surface area contributed by atoms with Gasteiger partial charge in [0.2, 0.25) is 5.88 Å². The Bertz CT molecular complexity index is 512. The summed E-state index contributed by atoms with van der Waals surface area (Å²) in [5.41, 5.74) is 1.10. The van der Waals surface area contributed by atoms with Crippen LogP contribution in [-0.4, -0.2) is 54.7 Å². The van der Waals surface area contributed by atoms with Gasteiger partial charge in [0.1, 0.15) is 0 Å². The number of guanidine groups is 1. The van der Waals surface area contributed by atoms with Crippen molar-refractivity contribution in [1.29, 1.82) is 0 Å².